The number of nitrogens with zero attached hydrogens (tertiary/aromatic N) is 2. The lowest BCUT2D eigenvalue weighted by Gasteiger charge is -2.42. The molecule has 0 bridgehead atoms. The third kappa shape index (κ3) is 5.95. The second-order valence-corrected chi connectivity index (χ2v) is 9.44. The SMILES string of the molecule is O=C(OCc1ccccc1)N1CCC(N2CCCC(COCC3(C(F)F)CC3)C2)CC1. The first-order valence-electron chi connectivity index (χ1n) is 11.6. The Labute approximate surface area is 183 Å². The van der Waals surface area contributed by atoms with Gasteiger partial charge in [0.1, 0.15) is 6.61 Å². The number of hydrogen-bond donors (Lipinski definition) is 0. The van der Waals surface area contributed by atoms with Crippen LogP contribution in [0, 0.1) is 11.3 Å². The van der Waals surface area contributed by atoms with Crippen LogP contribution in [-0.2, 0) is 16.1 Å². The normalized spacial score (nSPS) is 24.4. The van der Waals surface area contributed by atoms with Gasteiger partial charge in [0.2, 0.25) is 6.43 Å². The van der Waals surface area contributed by atoms with Gasteiger partial charge in [-0.05, 0) is 56.6 Å². The van der Waals surface area contributed by atoms with Crippen LogP contribution < -0.4 is 0 Å². The zero-order valence-electron chi connectivity index (χ0n) is 18.2. The zero-order valence-corrected chi connectivity index (χ0v) is 18.2. The van der Waals surface area contributed by atoms with Gasteiger partial charge in [0.25, 0.3) is 0 Å². The van der Waals surface area contributed by atoms with Crippen molar-refractivity contribution in [3.8, 4) is 0 Å². The van der Waals surface area contributed by atoms with Crippen molar-refractivity contribution in [3.05, 3.63) is 35.9 Å². The van der Waals surface area contributed by atoms with Gasteiger partial charge in [0.15, 0.2) is 0 Å². The van der Waals surface area contributed by atoms with E-state index >= 15 is 0 Å². The minimum atomic E-state index is -2.26. The molecule has 0 aromatic heterocycles. The van der Waals surface area contributed by atoms with Crippen LogP contribution in [0.25, 0.3) is 0 Å². The highest BCUT2D eigenvalue weighted by atomic mass is 19.3. The van der Waals surface area contributed by atoms with Crippen molar-refractivity contribution in [1.82, 2.24) is 9.80 Å². The van der Waals surface area contributed by atoms with Crippen molar-refractivity contribution < 1.29 is 23.0 Å². The highest BCUT2D eigenvalue weighted by Crippen LogP contribution is 2.50. The van der Waals surface area contributed by atoms with Gasteiger partial charge >= 0.3 is 6.09 Å². The summed E-state index contributed by atoms with van der Waals surface area (Å²) in [5.41, 5.74) is 0.143. The molecular formula is C24H34F2N2O3. The number of piperidine rings is 2. The largest absolute Gasteiger partial charge is 0.445 e. The van der Waals surface area contributed by atoms with E-state index in [1.807, 2.05) is 35.2 Å². The summed E-state index contributed by atoms with van der Waals surface area (Å²) < 4.78 is 37.3. The first-order valence-corrected chi connectivity index (χ1v) is 11.6. The number of amides is 1. The van der Waals surface area contributed by atoms with E-state index in [-0.39, 0.29) is 12.7 Å². The minimum Gasteiger partial charge on any atom is -0.445 e. The molecule has 1 aliphatic carbocycles. The van der Waals surface area contributed by atoms with Crippen molar-refractivity contribution in [1.29, 1.82) is 0 Å². The van der Waals surface area contributed by atoms with Crippen LogP contribution in [0.2, 0.25) is 0 Å². The van der Waals surface area contributed by atoms with Crippen LogP contribution in [0.1, 0.15) is 44.1 Å². The second kappa shape index (κ2) is 10.3. The number of hydrogen-bond acceptors (Lipinski definition) is 4. The van der Waals surface area contributed by atoms with E-state index < -0.39 is 11.8 Å². The van der Waals surface area contributed by atoms with E-state index in [1.54, 1.807) is 0 Å². The molecule has 5 nitrogen and oxygen atoms in total. The fraction of sp³-hybridized carbons (Fsp3) is 0.708. The molecule has 31 heavy (non-hydrogen) atoms. The average molecular weight is 437 g/mol. The number of likely N-dealkylation sites (tertiary alicyclic amines) is 2. The molecule has 1 atom stereocenters. The van der Waals surface area contributed by atoms with Crippen LogP contribution >= 0.6 is 0 Å². The summed E-state index contributed by atoms with van der Waals surface area (Å²) in [7, 11) is 0. The molecule has 0 radical (unpaired) electrons. The first-order chi connectivity index (χ1) is 15.1. The van der Waals surface area contributed by atoms with E-state index in [0.29, 0.717) is 51.1 Å². The predicted octanol–water partition coefficient (Wildman–Crippen LogP) is 4.56. The van der Waals surface area contributed by atoms with Crippen molar-refractivity contribution in [2.75, 3.05) is 39.4 Å². The fourth-order valence-corrected chi connectivity index (χ4v) is 4.80. The number of halogens is 2. The molecule has 2 heterocycles. The molecule has 172 valence electrons. The van der Waals surface area contributed by atoms with Crippen molar-refractivity contribution in [2.24, 2.45) is 11.3 Å². The maximum atomic E-state index is 13.0. The molecule has 1 unspecified atom stereocenters. The highest BCUT2D eigenvalue weighted by molar-refractivity contribution is 5.67. The Kier molecular flexibility index (Phi) is 7.43. The van der Waals surface area contributed by atoms with E-state index in [9.17, 15) is 13.6 Å². The Morgan fingerprint density at radius 1 is 1.10 bits per heavy atom. The fourth-order valence-electron chi connectivity index (χ4n) is 4.80. The van der Waals surface area contributed by atoms with E-state index in [0.717, 1.165) is 44.3 Å². The molecule has 1 amide bonds. The molecule has 0 N–H and O–H groups in total. The molecule has 1 aromatic rings. The number of rotatable bonds is 8. The van der Waals surface area contributed by atoms with Crippen LogP contribution in [0.4, 0.5) is 13.6 Å². The Hall–Kier alpha value is -1.73. The van der Waals surface area contributed by atoms with Gasteiger partial charge in [-0.1, -0.05) is 30.3 Å². The number of carbonyl (C=O) groups is 1. The van der Waals surface area contributed by atoms with Crippen LogP contribution in [0.15, 0.2) is 30.3 Å². The lowest BCUT2D eigenvalue weighted by atomic mass is 9.94. The maximum absolute atomic E-state index is 13.0. The summed E-state index contributed by atoms with van der Waals surface area (Å²) in [4.78, 5) is 16.7. The summed E-state index contributed by atoms with van der Waals surface area (Å²) in [6.07, 6.45) is 2.79. The monoisotopic (exact) mass is 436 g/mol. The lowest BCUT2D eigenvalue weighted by molar-refractivity contribution is -0.0270. The van der Waals surface area contributed by atoms with E-state index in [4.69, 9.17) is 9.47 Å². The first kappa shape index (κ1) is 22.5. The zero-order chi connectivity index (χ0) is 21.7. The second-order valence-electron chi connectivity index (χ2n) is 9.44. The van der Waals surface area contributed by atoms with Crippen LogP contribution in [-0.4, -0.2) is 67.8 Å². The van der Waals surface area contributed by atoms with Gasteiger partial charge in [0.05, 0.1) is 18.6 Å². The van der Waals surface area contributed by atoms with Crippen molar-refractivity contribution >= 4 is 6.09 Å². The molecule has 0 spiro atoms. The van der Waals surface area contributed by atoms with E-state index in [1.165, 1.54) is 0 Å². The maximum Gasteiger partial charge on any atom is 0.410 e. The van der Waals surface area contributed by atoms with Gasteiger partial charge in [-0.2, -0.15) is 0 Å². The third-order valence-corrected chi connectivity index (χ3v) is 7.09. The van der Waals surface area contributed by atoms with Crippen molar-refractivity contribution in [2.45, 2.75) is 57.6 Å². The van der Waals surface area contributed by atoms with Crippen molar-refractivity contribution in [3.63, 3.8) is 0 Å². The molecule has 2 aliphatic heterocycles. The summed E-state index contributed by atoms with van der Waals surface area (Å²) in [6, 6.07) is 10.2. The summed E-state index contributed by atoms with van der Waals surface area (Å²) in [5.74, 6) is 0.413. The van der Waals surface area contributed by atoms with Crippen LogP contribution in [0.5, 0.6) is 0 Å². The molecule has 1 saturated carbocycles. The quantitative estimate of drug-likeness (QED) is 0.599. The number of benzene rings is 1. The smallest absolute Gasteiger partial charge is 0.410 e. The molecule has 4 rings (SSSR count). The summed E-state index contributed by atoms with van der Waals surface area (Å²) >= 11 is 0. The molecule has 3 aliphatic rings. The summed E-state index contributed by atoms with van der Waals surface area (Å²) in [6.45, 7) is 4.55. The molecule has 3 fully saturated rings. The standard InChI is InChI=1S/C24H34F2N2O3/c25-22(26)24(10-11-24)18-30-16-20-7-4-12-28(15-20)21-8-13-27(14-9-21)23(29)31-17-19-5-2-1-3-6-19/h1-3,5-6,20-22H,4,7-18H2. The highest BCUT2D eigenvalue weighted by Gasteiger charge is 2.51. The van der Waals surface area contributed by atoms with Gasteiger partial charge in [-0.25, -0.2) is 13.6 Å². The molecule has 2 saturated heterocycles. The lowest BCUT2D eigenvalue weighted by Crippen LogP contribution is -2.50. The minimum absolute atomic E-state index is 0.199. The topological polar surface area (TPSA) is 42.0 Å². The molecule has 1 aromatic carbocycles. The molecule has 7 heteroatoms. The third-order valence-electron chi connectivity index (χ3n) is 7.09. The Balaban J connectivity index is 1.16. The van der Waals surface area contributed by atoms with Gasteiger partial charge in [0, 0.05) is 25.7 Å². The Morgan fingerprint density at radius 2 is 1.84 bits per heavy atom. The Bertz CT molecular complexity index is 706. The van der Waals surface area contributed by atoms with Gasteiger partial charge < -0.3 is 14.4 Å². The Morgan fingerprint density at radius 3 is 2.52 bits per heavy atom. The predicted molar refractivity (Wildman–Crippen MR) is 114 cm³/mol. The summed E-state index contributed by atoms with van der Waals surface area (Å²) in [5, 5.41) is 0. The average Bonchev–Trinajstić information content (AvgIpc) is 3.60. The van der Waals surface area contributed by atoms with Gasteiger partial charge in [-0.3, -0.25) is 4.90 Å². The number of carbonyl (C=O) groups excluding carboxylic acids is 1. The number of ether oxygens (including phenoxy) is 2. The molecular weight excluding hydrogens is 402 g/mol. The van der Waals surface area contributed by atoms with Gasteiger partial charge in [-0.15, -0.1) is 0 Å². The number of alkyl halides is 2. The van der Waals surface area contributed by atoms with Crippen LogP contribution in [0.3, 0.4) is 0 Å². The van der Waals surface area contributed by atoms with E-state index in [2.05, 4.69) is 4.90 Å².